The number of piperazine rings is 1. The number of aryl methyl sites for hydroxylation is 3. The molecule has 0 bridgehead atoms. The summed E-state index contributed by atoms with van der Waals surface area (Å²) in [5, 5.41) is 30.0. The van der Waals surface area contributed by atoms with Crippen molar-refractivity contribution in [3.63, 3.8) is 0 Å². The third-order valence-electron chi connectivity index (χ3n) is 14.3. The molecule has 8 heterocycles. The summed E-state index contributed by atoms with van der Waals surface area (Å²) in [5.41, 5.74) is 11.5. The van der Waals surface area contributed by atoms with Gasteiger partial charge in [0.1, 0.15) is 28.7 Å². The van der Waals surface area contributed by atoms with Crippen molar-refractivity contribution in [2.75, 3.05) is 37.6 Å². The maximum Gasteiger partial charge on any atom is 0.248 e. The van der Waals surface area contributed by atoms with E-state index in [1.807, 2.05) is 80.7 Å². The molecule has 72 heavy (non-hydrogen) atoms. The molecule has 2 saturated heterocycles. The van der Waals surface area contributed by atoms with Crippen LogP contribution in [0.1, 0.15) is 96.2 Å². The fourth-order valence-corrected chi connectivity index (χ4v) is 12.4. The molecular weight excluding hydrogens is 964 g/mol. The van der Waals surface area contributed by atoms with Gasteiger partial charge in [0.15, 0.2) is 5.82 Å². The summed E-state index contributed by atoms with van der Waals surface area (Å²) in [6, 6.07) is 18.5. The number of aliphatic hydroxyl groups is 1. The summed E-state index contributed by atoms with van der Waals surface area (Å²) in [6.07, 6.45) is 5.37. The van der Waals surface area contributed by atoms with Crippen LogP contribution in [0.15, 0.2) is 102 Å². The van der Waals surface area contributed by atoms with Crippen LogP contribution in [-0.2, 0) is 9.59 Å². The topological polar surface area (TPSA) is 163 Å². The Morgan fingerprint density at radius 2 is 1.65 bits per heavy atom. The lowest BCUT2D eigenvalue weighted by Gasteiger charge is -2.36. The number of rotatable bonds is 13. The summed E-state index contributed by atoms with van der Waals surface area (Å²) in [6.45, 7) is 21.1. The maximum atomic E-state index is 14.6. The van der Waals surface area contributed by atoms with Gasteiger partial charge in [-0.1, -0.05) is 68.4 Å². The van der Waals surface area contributed by atoms with Crippen LogP contribution < -0.4 is 10.2 Å². The molecule has 5 atom stereocenters. The van der Waals surface area contributed by atoms with Crippen LogP contribution in [0.2, 0.25) is 5.02 Å². The molecule has 2 aromatic carbocycles. The number of aliphatic hydroxyl groups excluding tert-OH is 1. The molecule has 2 fully saturated rings. The van der Waals surface area contributed by atoms with Crippen LogP contribution in [0.4, 0.5) is 5.82 Å². The van der Waals surface area contributed by atoms with Gasteiger partial charge >= 0.3 is 0 Å². The fourth-order valence-electron chi connectivity index (χ4n) is 10.2. The lowest BCUT2D eigenvalue weighted by Crippen LogP contribution is -2.49. The summed E-state index contributed by atoms with van der Waals surface area (Å²) in [7, 11) is 0. The second kappa shape index (κ2) is 20.2. The molecule has 7 aromatic rings. The van der Waals surface area contributed by atoms with E-state index in [0.29, 0.717) is 49.1 Å². The highest BCUT2D eigenvalue weighted by Gasteiger charge is 2.41. The van der Waals surface area contributed by atoms with Crippen molar-refractivity contribution in [1.29, 1.82) is 0 Å². The number of β-amino-alcohol motifs (C(OH)–C–C–N with tert-alkyl or cyclic N) is 1. The van der Waals surface area contributed by atoms with Gasteiger partial charge in [-0.15, -0.1) is 32.9 Å². The van der Waals surface area contributed by atoms with Gasteiger partial charge in [-0.3, -0.25) is 23.8 Å². The Morgan fingerprint density at radius 1 is 0.917 bits per heavy atom. The largest absolute Gasteiger partial charge is 0.391 e. The van der Waals surface area contributed by atoms with Crippen LogP contribution in [0.5, 0.6) is 0 Å². The molecule has 0 radical (unpaired) electrons. The van der Waals surface area contributed by atoms with Gasteiger partial charge in [0.05, 0.1) is 46.6 Å². The molecule has 3 aliphatic rings. The van der Waals surface area contributed by atoms with Crippen LogP contribution in [0.3, 0.4) is 0 Å². The van der Waals surface area contributed by atoms with Gasteiger partial charge in [0.2, 0.25) is 11.8 Å². The molecule has 18 heteroatoms. The van der Waals surface area contributed by atoms with Gasteiger partial charge in [0, 0.05) is 89.9 Å². The van der Waals surface area contributed by atoms with Crippen molar-refractivity contribution in [2.24, 2.45) is 10.9 Å². The number of thiazole rings is 1. The number of carbonyl (C=O) groups excluding carboxylic acids is 2. The number of halogens is 1. The minimum atomic E-state index is -0.674. The van der Waals surface area contributed by atoms with Crippen LogP contribution >= 0.6 is 34.3 Å². The zero-order valence-corrected chi connectivity index (χ0v) is 44.0. The molecular formula is C54H59ClN12O3S2. The highest BCUT2D eigenvalue weighted by molar-refractivity contribution is 7.15. The average Bonchev–Trinajstić information content (AvgIpc) is 4.22. The van der Waals surface area contributed by atoms with Crippen molar-refractivity contribution in [3.05, 3.63) is 147 Å². The number of benzene rings is 2. The van der Waals surface area contributed by atoms with Gasteiger partial charge in [-0.05, 0) is 87.1 Å². The number of hydrogen-bond acceptors (Lipinski definition) is 13. The normalized spacial score (nSPS) is 18.7. The second-order valence-electron chi connectivity index (χ2n) is 19.5. The molecule has 372 valence electrons. The van der Waals surface area contributed by atoms with E-state index in [2.05, 4.69) is 81.6 Å². The number of anilines is 1. The SMILES string of the molecule is C=C(N[C@@H](C)c1ccc(-c2scnc2C)cc1)[C@@H]1C[C@@H](O)CN1C(=O)[C@@H](C(C)C)n1cc(-c2ccnc(N3CCN(C(=O)C[C@@H]4N=C(c5ccc(Cl)cc5)c5c(sc(C)c5C)-n5c(C)nnc54)CC3)c2)cn1. The second-order valence-corrected chi connectivity index (χ2v) is 21.9. The molecule has 0 spiro atoms. The first-order valence-corrected chi connectivity index (χ1v) is 26.5. The number of aliphatic imine (C=N–C) groups is 1. The van der Waals surface area contributed by atoms with Crippen LogP contribution in [-0.4, -0.2) is 112 Å². The van der Waals surface area contributed by atoms with Crippen molar-refractivity contribution in [3.8, 4) is 26.6 Å². The van der Waals surface area contributed by atoms with Crippen molar-refractivity contribution >= 4 is 57.6 Å². The monoisotopic (exact) mass is 1020 g/mol. The van der Waals surface area contributed by atoms with E-state index in [0.717, 1.165) is 71.9 Å². The molecule has 5 aromatic heterocycles. The van der Waals surface area contributed by atoms with Crippen molar-refractivity contribution < 1.29 is 14.7 Å². The number of nitrogens with zero attached hydrogens (tertiary/aromatic N) is 11. The van der Waals surface area contributed by atoms with E-state index in [4.69, 9.17) is 26.7 Å². The number of thiophene rings is 1. The van der Waals surface area contributed by atoms with E-state index >= 15 is 0 Å². The van der Waals surface area contributed by atoms with Crippen LogP contribution in [0.25, 0.3) is 26.6 Å². The third kappa shape index (κ3) is 9.50. The number of carbonyl (C=O) groups is 2. The number of pyridine rings is 1. The number of nitrogens with one attached hydrogen (secondary N) is 1. The van der Waals surface area contributed by atoms with Gasteiger partial charge in [-0.25, -0.2) is 9.97 Å². The molecule has 15 nitrogen and oxygen atoms in total. The summed E-state index contributed by atoms with van der Waals surface area (Å²) in [4.78, 5) is 51.5. The molecule has 3 aliphatic heterocycles. The predicted octanol–water partition coefficient (Wildman–Crippen LogP) is 9.25. The lowest BCUT2D eigenvalue weighted by atomic mass is 9.99. The molecule has 0 saturated carbocycles. The number of fused-ring (bicyclic) bond motifs is 3. The van der Waals surface area contributed by atoms with Gasteiger partial charge in [0.25, 0.3) is 0 Å². The number of hydrogen-bond donors (Lipinski definition) is 2. The van der Waals surface area contributed by atoms with E-state index in [1.54, 1.807) is 44.6 Å². The molecule has 2 amide bonds. The van der Waals surface area contributed by atoms with E-state index in [1.165, 1.54) is 4.88 Å². The van der Waals surface area contributed by atoms with Gasteiger partial charge < -0.3 is 25.1 Å². The molecule has 0 unspecified atom stereocenters. The third-order valence-corrected chi connectivity index (χ3v) is 16.7. The molecule has 2 N–H and O–H groups in total. The summed E-state index contributed by atoms with van der Waals surface area (Å²) in [5.74, 6) is 1.99. The van der Waals surface area contributed by atoms with Crippen molar-refractivity contribution in [1.82, 2.24) is 49.6 Å². The molecule has 10 rings (SSSR count). The highest BCUT2D eigenvalue weighted by Crippen LogP contribution is 2.40. The fraction of sp³-hybridized carbons (Fsp3) is 0.370. The Morgan fingerprint density at radius 3 is 2.36 bits per heavy atom. The van der Waals surface area contributed by atoms with Crippen LogP contribution in [0, 0.1) is 33.6 Å². The zero-order valence-electron chi connectivity index (χ0n) is 41.6. The Hall–Kier alpha value is -6.53. The Bertz CT molecular complexity index is 3180. The smallest absolute Gasteiger partial charge is 0.248 e. The average molecular weight is 1020 g/mol. The Labute approximate surface area is 432 Å². The Balaban J connectivity index is 0.798. The summed E-state index contributed by atoms with van der Waals surface area (Å²) < 4.78 is 3.83. The number of amides is 2. The van der Waals surface area contributed by atoms with Crippen molar-refractivity contribution in [2.45, 2.75) is 91.6 Å². The highest BCUT2D eigenvalue weighted by atomic mass is 35.5. The minimum Gasteiger partial charge on any atom is -0.391 e. The van der Waals surface area contributed by atoms with E-state index < -0.39 is 24.2 Å². The van der Waals surface area contributed by atoms with E-state index in [9.17, 15) is 14.7 Å². The number of likely N-dealkylation sites (tertiary alicyclic amines) is 1. The standard InChI is InChI=1S/C54H59ClN12O3S2/c1-30(2)50(53(70)65-28-43(68)24-45(65)33(5)59-32(4)37-9-11-39(12-10-37)51-34(6)57-29-71-51)66-27-41(26-58-66)40-17-18-56-46(23-40)63-19-21-64(22-20-63)47(69)25-44-52-62-61-36(8)67(52)54-48(31(3)35(7)72-54)49(60-44)38-13-15-42(55)16-14-38/h9-18,23,26-27,29-30,32,43-45,50,59,68H,5,19-22,24-25,28H2,1-4,6-8H3/t32-,43+,44-,45-,50+/m0/s1. The first-order chi connectivity index (χ1) is 34.6. The predicted molar refractivity (Wildman–Crippen MR) is 285 cm³/mol. The quantitative estimate of drug-likeness (QED) is 0.114. The summed E-state index contributed by atoms with van der Waals surface area (Å²) >= 11 is 9.63. The zero-order chi connectivity index (χ0) is 50.5. The Kier molecular flexibility index (Phi) is 13.7. The number of aromatic nitrogens is 7. The lowest BCUT2D eigenvalue weighted by molar-refractivity contribution is -0.137. The first-order valence-electron chi connectivity index (χ1n) is 24.5. The molecule has 0 aliphatic carbocycles. The maximum absolute atomic E-state index is 14.6. The van der Waals surface area contributed by atoms with E-state index in [-0.39, 0.29) is 36.7 Å². The first kappa shape index (κ1) is 49.1. The van der Waals surface area contributed by atoms with Gasteiger partial charge in [-0.2, -0.15) is 5.10 Å². The minimum absolute atomic E-state index is 0.00153.